The Morgan fingerprint density at radius 2 is 1.05 bits per heavy atom. The van der Waals surface area contributed by atoms with Crippen LogP contribution in [0.15, 0.2) is 146 Å². The minimum atomic E-state index is 0.828. The monoisotopic (exact) mass is 560 g/mol. The van der Waals surface area contributed by atoms with Gasteiger partial charge in [0.1, 0.15) is 0 Å². The normalized spacial score (nSPS) is 12.5. The number of nitrogens with zero attached hydrogens (tertiary/aromatic N) is 1. The summed E-state index contributed by atoms with van der Waals surface area (Å²) in [6, 6.07) is 50.7. The highest BCUT2D eigenvalue weighted by Crippen LogP contribution is 2.44. The Balaban J connectivity index is 1.21. The molecular formula is C42H28N2. The highest BCUT2D eigenvalue weighted by Gasteiger charge is 2.17. The molecule has 44 heavy (non-hydrogen) atoms. The van der Waals surface area contributed by atoms with Crippen LogP contribution in [0.2, 0.25) is 0 Å². The van der Waals surface area contributed by atoms with Crippen molar-refractivity contribution >= 4 is 55.0 Å². The van der Waals surface area contributed by atoms with E-state index in [0.29, 0.717) is 0 Å². The van der Waals surface area contributed by atoms with Crippen LogP contribution >= 0.6 is 0 Å². The molecule has 0 unspecified atom stereocenters. The van der Waals surface area contributed by atoms with E-state index >= 15 is 0 Å². The summed E-state index contributed by atoms with van der Waals surface area (Å²) in [6.45, 7) is 0.828. The zero-order valence-electron chi connectivity index (χ0n) is 24.1. The number of benzene rings is 7. The van der Waals surface area contributed by atoms with Gasteiger partial charge in [-0.1, -0.05) is 140 Å². The summed E-state index contributed by atoms with van der Waals surface area (Å²) >= 11 is 0. The number of hydrogen-bond acceptors (Lipinski definition) is 2. The molecule has 0 spiro atoms. The second kappa shape index (κ2) is 9.93. The smallest absolute Gasteiger partial charge is 0.0947 e. The third-order valence-electron chi connectivity index (χ3n) is 9.03. The third kappa shape index (κ3) is 3.92. The Morgan fingerprint density at radius 3 is 1.77 bits per heavy atom. The molecule has 8 aromatic rings. The molecule has 0 fully saturated rings. The summed E-state index contributed by atoms with van der Waals surface area (Å²) in [7, 11) is 0. The molecule has 0 saturated carbocycles. The van der Waals surface area contributed by atoms with E-state index in [1.165, 1.54) is 60.1 Å². The number of rotatable bonds is 3. The van der Waals surface area contributed by atoms with E-state index in [0.717, 1.165) is 34.4 Å². The van der Waals surface area contributed by atoms with Gasteiger partial charge in [0.05, 0.1) is 16.9 Å². The number of anilines is 1. The van der Waals surface area contributed by atoms with E-state index in [9.17, 15) is 0 Å². The van der Waals surface area contributed by atoms with Crippen molar-refractivity contribution in [2.75, 3.05) is 11.9 Å². The average molecular weight is 561 g/mol. The number of fused-ring (bicyclic) bond motifs is 6. The largest absolute Gasteiger partial charge is 0.379 e. The predicted octanol–water partition coefficient (Wildman–Crippen LogP) is 11.1. The van der Waals surface area contributed by atoms with E-state index in [1.807, 2.05) is 0 Å². The van der Waals surface area contributed by atoms with E-state index in [2.05, 4.69) is 157 Å². The minimum Gasteiger partial charge on any atom is -0.379 e. The van der Waals surface area contributed by atoms with Gasteiger partial charge in [-0.15, -0.1) is 0 Å². The second-order valence-electron chi connectivity index (χ2n) is 11.6. The molecule has 0 aliphatic carbocycles. The van der Waals surface area contributed by atoms with Crippen molar-refractivity contribution in [3.05, 3.63) is 151 Å². The Bertz CT molecular complexity index is 2380. The van der Waals surface area contributed by atoms with Gasteiger partial charge in [0.15, 0.2) is 0 Å². The molecule has 0 saturated heterocycles. The fourth-order valence-corrected chi connectivity index (χ4v) is 6.94. The zero-order valence-corrected chi connectivity index (χ0v) is 24.1. The van der Waals surface area contributed by atoms with Gasteiger partial charge in [-0.3, -0.25) is 0 Å². The van der Waals surface area contributed by atoms with Crippen LogP contribution < -0.4 is 5.32 Å². The highest BCUT2D eigenvalue weighted by molar-refractivity contribution is 6.21. The second-order valence-corrected chi connectivity index (χ2v) is 11.6. The van der Waals surface area contributed by atoms with E-state index in [4.69, 9.17) is 4.98 Å². The van der Waals surface area contributed by atoms with Crippen molar-refractivity contribution in [1.82, 2.24) is 4.98 Å². The molecular weight excluding hydrogens is 532 g/mol. The Kier molecular flexibility index (Phi) is 5.60. The quantitative estimate of drug-likeness (QED) is 0.217. The van der Waals surface area contributed by atoms with Gasteiger partial charge in [-0.25, -0.2) is 4.98 Å². The molecule has 0 atom stereocenters. The van der Waals surface area contributed by atoms with Gasteiger partial charge >= 0.3 is 0 Å². The molecule has 2 nitrogen and oxygen atoms in total. The zero-order chi connectivity index (χ0) is 29.0. The van der Waals surface area contributed by atoms with Crippen LogP contribution in [-0.2, 0) is 0 Å². The number of hydrogen-bond donors (Lipinski definition) is 1. The van der Waals surface area contributed by atoms with Crippen LogP contribution in [0.3, 0.4) is 0 Å². The maximum atomic E-state index is 5.13. The molecule has 1 aromatic heterocycles. The van der Waals surface area contributed by atoms with Gasteiger partial charge in [-0.05, 0) is 72.3 Å². The Morgan fingerprint density at radius 1 is 0.477 bits per heavy atom. The van der Waals surface area contributed by atoms with Crippen molar-refractivity contribution in [1.29, 1.82) is 0 Å². The topological polar surface area (TPSA) is 24.9 Å². The van der Waals surface area contributed by atoms with Crippen molar-refractivity contribution in [2.45, 2.75) is 0 Å². The van der Waals surface area contributed by atoms with Gasteiger partial charge in [0, 0.05) is 17.5 Å². The standard InChI is InChI=1S/C42H28N2/c1-2-9-32-26-33(22-15-27(32)8-1)40-36-13-5-3-11-34(36)39(35-12-4-6-14-37(35)40)29-18-16-28(17-19-29)38-24-23-31-21-20-30-10-7-25-43-41(30)42(31)44-38/h1-24,26,43H,25H2. The summed E-state index contributed by atoms with van der Waals surface area (Å²) in [5, 5.41) is 12.2. The molecule has 0 radical (unpaired) electrons. The van der Waals surface area contributed by atoms with Crippen LogP contribution in [-0.4, -0.2) is 11.5 Å². The predicted molar refractivity (Wildman–Crippen MR) is 188 cm³/mol. The first kappa shape index (κ1) is 24.8. The Labute approximate surface area is 255 Å². The van der Waals surface area contributed by atoms with Crippen LogP contribution in [0.1, 0.15) is 5.56 Å². The lowest BCUT2D eigenvalue weighted by atomic mass is 9.85. The summed E-state index contributed by atoms with van der Waals surface area (Å²) < 4.78 is 0. The number of nitrogens with one attached hydrogen (secondary N) is 1. The van der Waals surface area contributed by atoms with E-state index in [-0.39, 0.29) is 0 Å². The van der Waals surface area contributed by atoms with Crippen molar-refractivity contribution < 1.29 is 0 Å². The van der Waals surface area contributed by atoms with Crippen LogP contribution in [0.25, 0.3) is 82.8 Å². The molecule has 1 aliphatic heterocycles. The highest BCUT2D eigenvalue weighted by atomic mass is 14.9. The first-order valence-electron chi connectivity index (χ1n) is 15.2. The molecule has 0 amide bonds. The lowest BCUT2D eigenvalue weighted by Crippen LogP contribution is -2.05. The van der Waals surface area contributed by atoms with E-state index in [1.54, 1.807) is 0 Å². The molecule has 9 rings (SSSR count). The maximum absolute atomic E-state index is 5.13. The lowest BCUT2D eigenvalue weighted by Gasteiger charge is -2.18. The molecule has 1 aliphatic rings. The van der Waals surface area contributed by atoms with Crippen LogP contribution in [0.5, 0.6) is 0 Å². The van der Waals surface area contributed by atoms with Crippen LogP contribution in [0, 0.1) is 0 Å². The van der Waals surface area contributed by atoms with Crippen LogP contribution in [0.4, 0.5) is 5.69 Å². The van der Waals surface area contributed by atoms with Crippen molar-refractivity contribution in [3.8, 4) is 33.5 Å². The first-order valence-corrected chi connectivity index (χ1v) is 15.2. The third-order valence-corrected chi connectivity index (χ3v) is 9.03. The number of pyridine rings is 1. The van der Waals surface area contributed by atoms with Crippen molar-refractivity contribution in [2.24, 2.45) is 0 Å². The minimum absolute atomic E-state index is 0.828. The van der Waals surface area contributed by atoms with E-state index < -0.39 is 0 Å². The summed E-state index contributed by atoms with van der Waals surface area (Å²) in [4.78, 5) is 5.13. The molecule has 1 N–H and O–H groups in total. The van der Waals surface area contributed by atoms with Gasteiger partial charge in [0.2, 0.25) is 0 Å². The summed E-state index contributed by atoms with van der Waals surface area (Å²) in [5.74, 6) is 0. The SMILES string of the molecule is C1=Cc2ccc3ccc(-c4ccc(-c5c6ccccc6c(-c6ccc7ccccc7c6)c6ccccc56)cc4)nc3c2NC1. The lowest BCUT2D eigenvalue weighted by molar-refractivity contribution is 1.30. The fraction of sp³-hybridized carbons (Fsp3) is 0.0238. The molecule has 0 bridgehead atoms. The average Bonchev–Trinajstić information content (AvgIpc) is 3.10. The summed E-state index contributed by atoms with van der Waals surface area (Å²) in [5.41, 5.74) is 10.4. The fourth-order valence-electron chi connectivity index (χ4n) is 6.94. The molecule has 206 valence electrons. The number of aromatic nitrogens is 1. The molecule has 2 heterocycles. The van der Waals surface area contributed by atoms with Gasteiger partial charge in [-0.2, -0.15) is 0 Å². The summed E-state index contributed by atoms with van der Waals surface area (Å²) in [6.07, 6.45) is 4.33. The van der Waals surface area contributed by atoms with Crippen molar-refractivity contribution in [3.63, 3.8) is 0 Å². The Hall–Kier alpha value is -5.73. The molecule has 7 aromatic carbocycles. The van der Waals surface area contributed by atoms with Gasteiger partial charge in [0.25, 0.3) is 0 Å². The van der Waals surface area contributed by atoms with Gasteiger partial charge < -0.3 is 5.32 Å². The maximum Gasteiger partial charge on any atom is 0.0947 e. The first-order chi connectivity index (χ1) is 21.8. The molecule has 2 heteroatoms.